The summed E-state index contributed by atoms with van der Waals surface area (Å²) in [5.74, 6) is 0.725. The number of hydrogen-bond donors (Lipinski definition) is 1. The molecule has 21 heavy (non-hydrogen) atoms. The van der Waals surface area contributed by atoms with E-state index in [0.29, 0.717) is 17.7 Å². The first kappa shape index (κ1) is 13.4. The Morgan fingerprint density at radius 3 is 2.81 bits per heavy atom. The molecule has 3 heteroatoms. The van der Waals surface area contributed by atoms with Crippen molar-refractivity contribution >= 4 is 15.9 Å². The normalized spacial score (nSPS) is 24.1. The number of phenols is 1. The van der Waals surface area contributed by atoms with Crippen LogP contribution in [0.3, 0.4) is 0 Å². The molecule has 0 saturated carbocycles. The summed E-state index contributed by atoms with van der Waals surface area (Å²) >= 11 is 3.45. The van der Waals surface area contributed by atoms with E-state index >= 15 is 0 Å². The van der Waals surface area contributed by atoms with Gasteiger partial charge in [-0.2, -0.15) is 0 Å². The molecule has 1 heterocycles. The summed E-state index contributed by atoms with van der Waals surface area (Å²) in [6.07, 6.45) is 2.27. The van der Waals surface area contributed by atoms with Crippen molar-refractivity contribution < 1.29 is 5.11 Å². The van der Waals surface area contributed by atoms with Gasteiger partial charge in [0, 0.05) is 18.5 Å². The molecule has 0 unspecified atom stereocenters. The highest BCUT2D eigenvalue weighted by Crippen LogP contribution is 2.45. The van der Waals surface area contributed by atoms with Crippen LogP contribution in [-0.2, 0) is 13.0 Å². The van der Waals surface area contributed by atoms with E-state index < -0.39 is 0 Å². The first-order valence-electron chi connectivity index (χ1n) is 7.44. The lowest BCUT2D eigenvalue weighted by molar-refractivity contribution is 0.178. The van der Waals surface area contributed by atoms with E-state index in [4.69, 9.17) is 0 Å². The molecule has 2 aliphatic rings. The number of phenolic OH excluding ortho intramolecular Hbond substituents is 1. The Morgan fingerprint density at radius 1 is 1.14 bits per heavy atom. The molecule has 0 fully saturated rings. The fourth-order valence-electron chi connectivity index (χ4n) is 4.02. The fraction of sp³-hybridized carbons (Fsp3) is 0.333. The Bertz CT molecular complexity index is 712. The molecule has 0 aromatic heterocycles. The van der Waals surface area contributed by atoms with Crippen LogP contribution >= 0.6 is 15.9 Å². The van der Waals surface area contributed by atoms with Crippen LogP contribution in [-0.4, -0.2) is 23.1 Å². The largest absolute Gasteiger partial charge is 0.507 e. The van der Waals surface area contributed by atoms with Crippen LogP contribution in [0.15, 0.2) is 40.9 Å². The standard InChI is InChI=1S/C18H18BrNO/c1-20-10-12-4-2-3-5-13(12)18-14-9-17(21)15(19)8-11(14)6-7-16(18)20/h2-5,8-9,16,18,21H,6-7,10H2,1H3/t16-,18-/m0/s1. The zero-order valence-corrected chi connectivity index (χ0v) is 13.6. The average molecular weight is 344 g/mol. The third kappa shape index (κ3) is 2.02. The van der Waals surface area contributed by atoms with Crippen molar-refractivity contribution in [1.29, 1.82) is 0 Å². The summed E-state index contributed by atoms with van der Waals surface area (Å²) in [6.45, 7) is 1.02. The first-order valence-corrected chi connectivity index (χ1v) is 8.24. The lowest BCUT2D eigenvalue weighted by Crippen LogP contribution is -2.43. The number of nitrogens with zero attached hydrogens (tertiary/aromatic N) is 1. The molecule has 0 bridgehead atoms. The van der Waals surface area contributed by atoms with Crippen LogP contribution in [0.2, 0.25) is 0 Å². The van der Waals surface area contributed by atoms with E-state index in [1.54, 1.807) is 0 Å². The minimum atomic E-state index is 0.347. The molecule has 0 spiro atoms. The molecule has 2 nitrogen and oxygen atoms in total. The summed E-state index contributed by atoms with van der Waals surface area (Å²) in [7, 11) is 2.22. The van der Waals surface area contributed by atoms with Crippen molar-refractivity contribution in [3.8, 4) is 5.75 Å². The monoisotopic (exact) mass is 343 g/mol. The maximum Gasteiger partial charge on any atom is 0.130 e. The molecule has 108 valence electrons. The van der Waals surface area contributed by atoms with Gasteiger partial charge in [-0.25, -0.2) is 0 Å². The summed E-state index contributed by atoms with van der Waals surface area (Å²) < 4.78 is 0.803. The van der Waals surface area contributed by atoms with Crippen LogP contribution in [0.25, 0.3) is 0 Å². The molecule has 2 atom stereocenters. The second kappa shape index (κ2) is 4.85. The first-order chi connectivity index (χ1) is 10.1. The molecule has 1 N–H and O–H groups in total. The maximum atomic E-state index is 10.1. The van der Waals surface area contributed by atoms with Crippen LogP contribution in [0, 0.1) is 0 Å². The lowest BCUT2D eigenvalue weighted by atomic mass is 9.72. The quantitative estimate of drug-likeness (QED) is 0.780. The van der Waals surface area contributed by atoms with Crippen LogP contribution in [0.4, 0.5) is 0 Å². The van der Waals surface area contributed by atoms with Crippen molar-refractivity contribution in [1.82, 2.24) is 4.90 Å². The predicted octanol–water partition coefficient (Wildman–Crippen LogP) is 4.05. The minimum Gasteiger partial charge on any atom is -0.507 e. The number of aromatic hydroxyl groups is 1. The molecular weight excluding hydrogens is 326 g/mol. The van der Waals surface area contributed by atoms with Crippen molar-refractivity contribution in [3.05, 3.63) is 63.1 Å². The van der Waals surface area contributed by atoms with E-state index in [0.717, 1.165) is 17.4 Å². The van der Waals surface area contributed by atoms with Gasteiger partial charge in [-0.15, -0.1) is 0 Å². The van der Waals surface area contributed by atoms with Crippen LogP contribution in [0.5, 0.6) is 5.75 Å². The lowest BCUT2D eigenvalue weighted by Gasteiger charge is -2.44. The van der Waals surface area contributed by atoms with Gasteiger partial charge in [0.2, 0.25) is 0 Å². The smallest absolute Gasteiger partial charge is 0.130 e. The highest BCUT2D eigenvalue weighted by molar-refractivity contribution is 9.10. The molecule has 0 radical (unpaired) electrons. The second-order valence-corrected chi connectivity index (χ2v) is 7.05. The molecule has 1 aliphatic heterocycles. The van der Waals surface area contributed by atoms with E-state index in [1.807, 2.05) is 6.07 Å². The maximum absolute atomic E-state index is 10.1. The molecule has 0 saturated heterocycles. The topological polar surface area (TPSA) is 23.5 Å². The van der Waals surface area contributed by atoms with Gasteiger partial charge in [0.05, 0.1) is 4.47 Å². The number of hydrogen-bond acceptors (Lipinski definition) is 2. The Balaban J connectivity index is 1.93. The van der Waals surface area contributed by atoms with Gasteiger partial charge in [0.1, 0.15) is 5.75 Å². The zero-order chi connectivity index (χ0) is 14.6. The molecule has 1 aliphatic carbocycles. The Kier molecular flexibility index (Phi) is 3.09. The van der Waals surface area contributed by atoms with Crippen LogP contribution in [0.1, 0.15) is 34.6 Å². The van der Waals surface area contributed by atoms with Gasteiger partial charge >= 0.3 is 0 Å². The molecule has 2 aromatic carbocycles. The highest BCUT2D eigenvalue weighted by Gasteiger charge is 2.38. The second-order valence-electron chi connectivity index (χ2n) is 6.20. The van der Waals surface area contributed by atoms with Gasteiger partial charge < -0.3 is 5.11 Å². The molecule has 0 amide bonds. The fourth-order valence-corrected chi connectivity index (χ4v) is 4.41. The van der Waals surface area contributed by atoms with Crippen molar-refractivity contribution in [2.75, 3.05) is 7.05 Å². The highest BCUT2D eigenvalue weighted by atomic mass is 79.9. The van der Waals surface area contributed by atoms with Crippen LogP contribution < -0.4 is 0 Å². The van der Waals surface area contributed by atoms with E-state index in [1.165, 1.54) is 28.7 Å². The number of fused-ring (bicyclic) bond motifs is 5. The Hall–Kier alpha value is -1.32. The third-order valence-electron chi connectivity index (χ3n) is 5.01. The Labute approximate surface area is 133 Å². The predicted molar refractivity (Wildman–Crippen MR) is 87.7 cm³/mol. The van der Waals surface area contributed by atoms with E-state index in [-0.39, 0.29) is 0 Å². The number of likely N-dealkylation sites (N-methyl/N-ethyl adjacent to an activating group) is 1. The van der Waals surface area contributed by atoms with Crippen molar-refractivity contribution in [2.45, 2.75) is 31.3 Å². The van der Waals surface area contributed by atoms with Crippen molar-refractivity contribution in [3.63, 3.8) is 0 Å². The number of halogens is 1. The summed E-state index contributed by atoms with van der Waals surface area (Å²) in [6, 6.07) is 13.3. The third-order valence-corrected chi connectivity index (χ3v) is 5.65. The summed E-state index contributed by atoms with van der Waals surface area (Å²) in [5, 5.41) is 10.1. The van der Waals surface area contributed by atoms with Crippen molar-refractivity contribution in [2.24, 2.45) is 0 Å². The van der Waals surface area contributed by atoms with Gasteiger partial charge in [0.15, 0.2) is 0 Å². The zero-order valence-electron chi connectivity index (χ0n) is 12.0. The minimum absolute atomic E-state index is 0.347. The molecule has 4 rings (SSSR count). The average Bonchev–Trinajstić information content (AvgIpc) is 2.48. The van der Waals surface area contributed by atoms with Gasteiger partial charge in [-0.1, -0.05) is 24.3 Å². The van der Waals surface area contributed by atoms with Gasteiger partial charge in [0.25, 0.3) is 0 Å². The number of benzene rings is 2. The number of aryl methyl sites for hydroxylation is 1. The SMILES string of the molecule is CN1Cc2ccccc2[C@H]2c3cc(O)c(Br)cc3CC[C@@H]21. The van der Waals surface area contributed by atoms with Gasteiger partial charge in [-0.05, 0) is 70.2 Å². The number of rotatable bonds is 0. The Morgan fingerprint density at radius 2 is 1.95 bits per heavy atom. The molecule has 2 aromatic rings. The van der Waals surface area contributed by atoms with E-state index in [2.05, 4.69) is 58.2 Å². The molecular formula is C18H18BrNO. The summed E-state index contributed by atoms with van der Waals surface area (Å²) in [5.41, 5.74) is 5.51. The van der Waals surface area contributed by atoms with Gasteiger partial charge in [-0.3, -0.25) is 4.90 Å². The summed E-state index contributed by atoms with van der Waals surface area (Å²) in [4.78, 5) is 2.47. The van der Waals surface area contributed by atoms with E-state index in [9.17, 15) is 5.11 Å².